The van der Waals surface area contributed by atoms with Crippen LogP contribution in [0.3, 0.4) is 0 Å². The summed E-state index contributed by atoms with van der Waals surface area (Å²) in [5, 5.41) is 2.74. The molecule has 1 aromatic carbocycles. The zero-order valence-corrected chi connectivity index (χ0v) is 14.7. The van der Waals surface area contributed by atoms with Crippen LogP contribution in [0, 0.1) is 6.92 Å². The lowest BCUT2D eigenvalue weighted by molar-refractivity contribution is -0.136. The van der Waals surface area contributed by atoms with Crippen molar-refractivity contribution in [2.45, 2.75) is 45.6 Å². The minimum Gasteiger partial charge on any atom is -0.377 e. The predicted octanol–water partition coefficient (Wildman–Crippen LogP) is 2.07. The van der Waals surface area contributed by atoms with Crippen LogP contribution < -0.4 is 5.32 Å². The van der Waals surface area contributed by atoms with Gasteiger partial charge in [-0.25, -0.2) is 0 Å². The van der Waals surface area contributed by atoms with E-state index in [0.29, 0.717) is 26.0 Å². The molecule has 0 unspecified atom stereocenters. The molecule has 1 saturated heterocycles. The maximum absolute atomic E-state index is 12.2. The third-order valence-corrected chi connectivity index (χ3v) is 4.33. The zero-order valence-electron chi connectivity index (χ0n) is 14.7. The number of piperidine rings is 1. The highest BCUT2D eigenvalue weighted by Crippen LogP contribution is 2.13. The zero-order chi connectivity index (χ0) is 17.4. The molecule has 2 rings (SSSR count). The summed E-state index contributed by atoms with van der Waals surface area (Å²) in [6.07, 6.45) is 3.18. The monoisotopic (exact) mass is 332 g/mol. The van der Waals surface area contributed by atoms with Crippen molar-refractivity contribution in [3.63, 3.8) is 0 Å². The molecule has 0 spiro atoms. The van der Waals surface area contributed by atoms with Crippen LogP contribution in [-0.2, 0) is 20.7 Å². The third kappa shape index (κ3) is 5.96. The summed E-state index contributed by atoms with van der Waals surface area (Å²) in [6, 6.07) is 8.16. The Kier molecular flexibility index (Phi) is 7.25. The Hall–Kier alpha value is -1.88. The number of aryl methyl sites for hydroxylation is 2. The molecule has 132 valence electrons. The molecule has 0 saturated carbocycles. The average molecular weight is 332 g/mol. The van der Waals surface area contributed by atoms with E-state index in [1.54, 1.807) is 4.90 Å². The number of nitrogens with one attached hydrogen (secondary N) is 1. The number of likely N-dealkylation sites (tertiary alicyclic amines) is 1. The Labute approximate surface area is 144 Å². The Morgan fingerprint density at radius 1 is 1.29 bits per heavy atom. The smallest absolute Gasteiger partial charge is 0.242 e. The normalized spacial score (nSPS) is 17.6. The number of carbonyl (C=O) groups excluding carboxylic acids is 2. The van der Waals surface area contributed by atoms with E-state index in [1.807, 2.05) is 38.1 Å². The van der Waals surface area contributed by atoms with Gasteiger partial charge in [-0.05, 0) is 38.7 Å². The molecular weight excluding hydrogens is 304 g/mol. The maximum atomic E-state index is 12.2. The fraction of sp³-hybridized carbons (Fsp3) is 0.579. The van der Waals surface area contributed by atoms with E-state index in [-0.39, 0.29) is 24.5 Å². The molecule has 2 amide bonds. The van der Waals surface area contributed by atoms with Crippen molar-refractivity contribution in [2.75, 3.05) is 26.2 Å². The Balaban J connectivity index is 1.69. The molecule has 0 aliphatic carbocycles. The van der Waals surface area contributed by atoms with Crippen LogP contribution in [0.1, 0.15) is 37.3 Å². The van der Waals surface area contributed by atoms with Crippen molar-refractivity contribution in [3.05, 3.63) is 35.4 Å². The van der Waals surface area contributed by atoms with Crippen molar-refractivity contribution >= 4 is 11.8 Å². The predicted molar refractivity (Wildman–Crippen MR) is 93.7 cm³/mol. The lowest BCUT2D eigenvalue weighted by Gasteiger charge is -2.32. The van der Waals surface area contributed by atoms with Crippen LogP contribution in [0.15, 0.2) is 24.3 Å². The van der Waals surface area contributed by atoms with Gasteiger partial charge in [0.25, 0.3) is 0 Å². The lowest BCUT2D eigenvalue weighted by Crippen LogP contribution is -2.47. The molecule has 0 bridgehead atoms. The number of hydrogen-bond acceptors (Lipinski definition) is 3. The highest BCUT2D eigenvalue weighted by atomic mass is 16.5. The first-order valence-corrected chi connectivity index (χ1v) is 8.80. The van der Waals surface area contributed by atoms with Crippen LogP contribution in [0.5, 0.6) is 0 Å². The maximum Gasteiger partial charge on any atom is 0.242 e. The molecule has 5 heteroatoms. The molecule has 0 aromatic heterocycles. The fourth-order valence-electron chi connectivity index (χ4n) is 2.92. The first-order valence-electron chi connectivity index (χ1n) is 8.80. The van der Waals surface area contributed by atoms with Gasteiger partial charge < -0.3 is 15.0 Å². The van der Waals surface area contributed by atoms with Crippen molar-refractivity contribution in [3.8, 4) is 0 Å². The summed E-state index contributed by atoms with van der Waals surface area (Å²) in [7, 11) is 0. The van der Waals surface area contributed by atoms with Gasteiger partial charge >= 0.3 is 0 Å². The van der Waals surface area contributed by atoms with Gasteiger partial charge in [0, 0.05) is 26.1 Å². The summed E-state index contributed by atoms with van der Waals surface area (Å²) in [6.45, 7) is 6.13. The second-order valence-corrected chi connectivity index (χ2v) is 6.32. The molecule has 1 aromatic rings. The van der Waals surface area contributed by atoms with Crippen LogP contribution in [-0.4, -0.2) is 49.1 Å². The highest BCUT2D eigenvalue weighted by Gasteiger charge is 2.23. The van der Waals surface area contributed by atoms with Crippen LogP contribution in [0.25, 0.3) is 0 Å². The summed E-state index contributed by atoms with van der Waals surface area (Å²) in [4.78, 5) is 25.9. The van der Waals surface area contributed by atoms with Gasteiger partial charge in [-0.2, -0.15) is 0 Å². The molecule has 1 heterocycles. The molecule has 1 aliphatic rings. The van der Waals surface area contributed by atoms with Crippen molar-refractivity contribution in [2.24, 2.45) is 0 Å². The molecule has 1 aliphatic heterocycles. The van der Waals surface area contributed by atoms with Gasteiger partial charge in [-0.15, -0.1) is 0 Å². The standard InChI is InChI=1S/C19H28N2O3/c1-3-24-17-5-4-12-21(14-17)19(23)13-20-18(22)11-10-16-8-6-15(2)7-9-16/h6-9,17H,3-5,10-14H2,1-2H3,(H,20,22)/t17-/m0/s1. The molecule has 0 radical (unpaired) electrons. The second kappa shape index (κ2) is 9.42. The number of nitrogens with zero attached hydrogens (tertiary/aromatic N) is 1. The lowest BCUT2D eigenvalue weighted by atomic mass is 10.1. The first-order chi connectivity index (χ1) is 11.6. The topological polar surface area (TPSA) is 58.6 Å². The highest BCUT2D eigenvalue weighted by molar-refractivity contribution is 5.84. The Bertz CT molecular complexity index is 540. The summed E-state index contributed by atoms with van der Waals surface area (Å²) in [5.74, 6) is -0.106. The molecular formula is C19H28N2O3. The van der Waals surface area contributed by atoms with Gasteiger partial charge in [-0.1, -0.05) is 29.8 Å². The van der Waals surface area contributed by atoms with E-state index in [4.69, 9.17) is 4.74 Å². The van der Waals surface area contributed by atoms with Gasteiger partial charge in [0.15, 0.2) is 0 Å². The average Bonchev–Trinajstić information content (AvgIpc) is 2.59. The summed E-state index contributed by atoms with van der Waals surface area (Å²) in [5.41, 5.74) is 2.35. The molecule has 1 fully saturated rings. The number of carbonyl (C=O) groups is 2. The SMILES string of the molecule is CCO[C@H]1CCCN(C(=O)CNC(=O)CCc2ccc(C)cc2)C1. The number of benzene rings is 1. The first kappa shape index (κ1) is 18.5. The van der Waals surface area contributed by atoms with E-state index in [0.717, 1.165) is 24.9 Å². The van der Waals surface area contributed by atoms with Gasteiger partial charge in [0.2, 0.25) is 11.8 Å². The number of hydrogen-bond donors (Lipinski definition) is 1. The number of ether oxygens (including phenoxy) is 1. The third-order valence-electron chi connectivity index (χ3n) is 4.33. The minimum atomic E-state index is -0.0812. The largest absolute Gasteiger partial charge is 0.377 e. The van der Waals surface area contributed by atoms with Crippen molar-refractivity contribution in [1.82, 2.24) is 10.2 Å². The van der Waals surface area contributed by atoms with Gasteiger partial charge in [0.1, 0.15) is 0 Å². The van der Waals surface area contributed by atoms with E-state index in [9.17, 15) is 9.59 Å². The number of rotatable bonds is 7. The van der Waals surface area contributed by atoms with Crippen molar-refractivity contribution < 1.29 is 14.3 Å². The van der Waals surface area contributed by atoms with E-state index >= 15 is 0 Å². The van der Waals surface area contributed by atoms with E-state index < -0.39 is 0 Å². The van der Waals surface area contributed by atoms with Crippen LogP contribution >= 0.6 is 0 Å². The Morgan fingerprint density at radius 2 is 2.04 bits per heavy atom. The Morgan fingerprint density at radius 3 is 2.75 bits per heavy atom. The summed E-state index contributed by atoms with van der Waals surface area (Å²) < 4.78 is 5.60. The number of amides is 2. The minimum absolute atomic E-state index is 0.0249. The van der Waals surface area contributed by atoms with Gasteiger partial charge in [0.05, 0.1) is 12.6 Å². The molecule has 1 N–H and O–H groups in total. The molecule has 5 nitrogen and oxygen atoms in total. The van der Waals surface area contributed by atoms with Crippen LogP contribution in [0.4, 0.5) is 0 Å². The second-order valence-electron chi connectivity index (χ2n) is 6.32. The fourth-order valence-corrected chi connectivity index (χ4v) is 2.92. The molecule has 1 atom stereocenters. The molecule has 24 heavy (non-hydrogen) atoms. The van der Waals surface area contributed by atoms with Crippen LogP contribution in [0.2, 0.25) is 0 Å². The van der Waals surface area contributed by atoms with Gasteiger partial charge in [-0.3, -0.25) is 9.59 Å². The van der Waals surface area contributed by atoms with E-state index in [2.05, 4.69) is 5.32 Å². The van der Waals surface area contributed by atoms with Crippen molar-refractivity contribution in [1.29, 1.82) is 0 Å². The summed E-state index contributed by atoms with van der Waals surface area (Å²) >= 11 is 0. The van der Waals surface area contributed by atoms with E-state index in [1.165, 1.54) is 5.56 Å². The quantitative estimate of drug-likeness (QED) is 0.831.